The Morgan fingerprint density at radius 2 is 2.27 bits per heavy atom. The van der Waals surface area contributed by atoms with Gasteiger partial charge >= 0.3 is 0 Å². The molecule has 1 aromatic heterocycles. The molecule has 0 aliphatic heterocycles. The number of hydrogen-bond donors (Lipinski definition) is 0. The zero-order valence-electron chi connectivity index (χ0n) is 6.87. The average molecular weight is 166 g/mol. The standard InChI is InChI=1S/C9H12NS/c1-7(2)11-9-8(3)5-4-6-10-9/h4-7H,3H2,1-2H3. The average Bonchev–Trinajstić information content (AvgIpc) is 1.93. The maximum absolute atomic E-state index is 4.22. The molecular formula is C9H12NS. The van der Waals surface area contributed by atoms with Gasteiger partial charge in [0.1, 0.15) is 0 Å². The van der Waals surface area contributed by atoms with E-state index in [0.29, 0.717) is 5.25 Å². The molecule has 11 heavy (non-hydrogen) atoms. The first-order chi connectivity index (χ1) is 5.20. The van der Waals surface area contributed by atoms with Gasteiger partial charge in [0.25, 0.3) is 0 Å². The molecule has 0 aliphatic carbocycles. The third-order valence-corrected chi connectivity index (χ3v) is 2.26. The monoisotopic (exact) mass is 166 g/mol. The largest absolute Gasteiger partial charge is 0.250 e. The van der Waals surface area contributed by atoms with Crippen molar-refractivity contribution in [2.75, 3.05) is 0 Å². The van der Waals surface area contributed by atoms with Gasteiger partial charge in [0, 0.05) is 11.4 Å². The van der Waals surface area contributed by atoms with Crippen LogP contribution in [-0.2, 0) is 0 Å². The number of rotatable bonds is 2. The number of hydrogen-bond acceptors (Lipinski definition) is 2. The fraction of sp³-hybridized carbons (Fsp3) is 0.333. The minimum atomic E-state index is 0.574. The van der Waals surface area contributed by atoms with Crippen LogP contribution in [0.3, 0.4) is 0 Å². The van der Waals surface area contributed by atoms with Crippen LogP contribution >= 0.6 is 11.8 Å². The van der Waals surface area contributed by atoms with Crippen molar-refractivity contribution in [2.24, 2.45) is 0 Å². The van der Waals surface area contributed by atoms with Crippen LogP contribution in [-0.4, -0.2) is 10.2 Å². The molecule has 0 bridgehead atoms. The van der Waals surface area contributed by atoms with Crippen LogP contribution in [0.4, 0.5) is 0 Å². The summed E-state index contributed by atoms with van der Waals surface area (Å²) in [6, 6.07) is 3.89. The number of thioether (sulfide) groups is 1. The molecule has 0 aliphatic rings. The predicted octanol–water partition coefficient (Wildman–Crippen LogP) is 2.76. The minimum Gasteiger partial charge on any atom is -0.250 e. The molecule has 0 saturated carbocycles. The van der Waals surface area contributed by atoms with Crippen molar-refractivity contribution in [3.8, 4) is 0 Å². The highest BCUT2D eigenvalue weighted by Crippen LogP contribution is 2.22. The highest BCUT2D eigenvalue weighted by Gasteiger charge is 2.01. The van der Waals surface area contributed by atoms with Crippen LogP contribution in [0.15, 0.2) is 23.4 Å². The third kappa shape index (κ3) is 2.54. The van der Waals surface area contributed by atoms with Crippen molar-refractivity contribution in [1.82, 2.24) is 4.98 Å². The van der Waals surface area contributed by atoms with Gasteiger partial charge in [-0.2, -0.15) is 0 Å². The highest BCUT2D eigenvalue weighted by atomic mass is 32.2. The molecule has 1 heterocycles. The molecule has 1 aromatic rings. The summed E-state index contributed by atoms with van der Waals surface area (Å²) in [4.78, 5) is 4.22. The minimum absolute atomic E-state index is 0.574. The van der Waals surface area contributed by atoms with Gasteiger partial charge in [-0.3, -0.25) is 0 Å². The lowest BCUT2D eigenvalue weighted by molar-refractivity contribution is 1.06. The summed E-state index contributed by atoms with van der Waals surface area (Å²) in [5, 5.41) is 1.62. The Kier molecular flexibility index (Phi) is 2.94. The van der Waals surface area contributed by atoms with Gasteiger partial charge in [0.2, 0.25) is 0 Å². The predicted molar refractivity (Wildman–Crippen MR) is 49.7 cm³/mol. The zero-order valence-corrected chi connectivity index (χ0v) is 7.69. The molecule has 0 N–H and O–H groups in total. The van der Waals surface area contributed by atoms with Crippen molar-refractivity contribution >= 4 is 11.8 Å². The quantitative estimate of drug-likeness (QED) is 0.627. The van der Waals surface area contributed by atoms with Crippen LogP contribution in [0.5, 0.6) is 0 Å². The first-order valence-electron chi connectivity index (χ1n) is 3.64. The molecule has 59 valence electrons. The summed E-state index contributed by atoms with van der Waals surface area (Å²) in [6.07, 6.45) is 1.80. The van der Waals surface area contributed by atoms with Gasteiger partial charge in [0.15, 0.2) is 0 Å². The van der Waals surface area contributed by atoms with E-state index in [2.05, 4.69) is 25.8 Å². The molecule has 0 unspecified atom stereocenters. The summed E-state index contributed by atoms with van der Waals surface area (Å²) in [6.45, 7) is 8.19. The van der Waals surface area contributed by atoms with E-state index in [9.17, 15) is 0 Å². The van der Waals surface area contributed by atoms with Gasteiger partial charge in [-0.05, 0) is 18.6 Å². The lowest BCUT2D eigenvalue weighted by Gasteiger charge is -2.05. The topological polar surface area (TPSA) is 12.9 Å². The van der Waals surface area contributed by atoms with Crippen LogP contribution in [0.1, 0.15) is 19.4 Å². The highest BCUT2D eigenvalue weighted by molar-refractivity contribution is 7.99. The summed E-state index contributed by atoms with van der Waals surface area (Å²) < 4.78 is 0. The number of pyridine rings is 1. The van der Waals surface area contributed by atoms with Crippen molar-refractivity contribution in [3.05, 3.63) is 30.8 Å². The molecule has 0 spiro atoms. The molecule has 0 atom stereocenters. The smallest absolute Gasteiger partial charge is 0.0994 e. The summed E-state index contributed by atoms with van der Waals surface area (Å²) in [7, 11) is 0. The Hall–Kier alpha value is -0.500. The van der Waals surface area contributed by atoms with Gasteiger partial charge < -0.3 is 0 Å². The molecule has 0 aromatic carbocycles. The van der Waals surface area contributed by atoms with Crippen LogP contribution in [0.2, 0.25) is 0 Å². The lowest BCUT2D eigenvalue weighted by Crippen LogP contribution is -1.90. The van der Waals surface area contributed by atoms with E-state index < -0.39 is 0 Å². The molecular weight excluding hydrogens is 154 g/mol. The first kappa shape index (κ1) is 8.60. The van der Waals surface area contributed by atoms with E-state index in [1.54, 1.807) is 18.0 Å². The van der Waals surface area contributed by atoms with Crippen molar-refractivity contribution in [2.45, 2.75) is 24.1 Å². The van der Waals surface area contributed by atoms with Crippen LogP contribution in [0.25, 0.3) is 0 Å². The van der Waals surface area contributed by atoms with Gasteiger partial charge in [-0.25, -0.2) is 4.98 Å². The van der Waals surface area contributed by atoms with Crippen LogP contribution in [0, 0.1) is 6.92 Å². The van der Waals surface area contributed by atoms with Crippen molar-refractivity contribution in [1.29, 1.82) is 0 Å². The summed E-state index contributed by atoms with van der Waals surface area (Å²) in [5.74, 6) is 0. The normalized spacial score (nSPS) is 10.5. The fourth-order valence-electron chi connectivity index (χ4n) is 0.753. The SMILES string of the molecule is [CH2]c1cccnc1SC(C)C. The Morgan fingerprint density at radius 3 is 2.82 bits per heavy atom. The number of nitrogens with zero attached hydrogens (tertiary/aromatic N) is 1. The molecule has 1 rings (SSSR count). The van der Waals surface area contributed by atoms with E-state index in [1.807, 2.05) is 12.1 Å². The second kappa shape index (κ2) is 3.77. The van der Waals surface area contributed by atoms with Crippen molar-refractivity contribution < 1.29 is 0 Å². The maximum Gasteiger partial charge on any atom is 0.0994 e. The number of aromatic nitrogens is 1. The van der Waals surface area contributed by atoms with Crippen LogP contribution < -0.4 is 0 Å². The lowest BCUT2D eigenvalue weighted by atomic mass is 10.3. The van der Waals surface area contributed by atoms with Gasteiger partial charge in [0.05, 0.1) is 5.03 Å². The zero-order chi connectivity index (χ0) is 8.27. The molecule has 0 fully saturated rings. The van der Waals surface area contributed by atoms with Gasteiger partial charge in [-0.1, -0.05) is 19.9 Å². The van der Waals surface area contributed by atoms with E-state index in [-0.39, 0.29) is 0 Å². The summed E-state index contributed by atoms with van der Waals surface area (Å²) >= 11 is 1.75. The Labute approximate surface area is 72.2 Å². The third-order valence-electron chi connectivity index (χ3n) is 1.20. The van der Waals surface area contributed by atoms with Crippen molar-refractivity contribution in [3.63, 3.8) is 0 Å². The molecule has 0 saturated heterocycles. The van der Waals surface area contributed by atoms with Gasteiger partial charge in [-0.15, -0.1) is 11.8 Å². The van der Waals surface area contributed by atoms with E-state index in [4.69, 9.17) is 0 Å². The second-order valence-corrected chi connectivity index (χ2v) is 4.20. The fourth-order valence-corrected chi connectivity index (χ4v) is 1.54. The molecule has 1 radical (unpaired) electrons. The van der Waals surface area contributed by atoms with E-state index >= 15 is 0 Å². The summed E-state index contributed by atoms with van der Waals surface area (Å²) in [5.41, 5.74) is 1.02. The van der Waals surface area contributed by atoms with E-state index in [1.165, 1.54) is 0 Å². The first-order valence-corrected chi connectivity index (χ1v) is 4.51. The maximum atomic E-state index is 4.22. The second-order valence-electron chi connectivity index (χ2n) is 2.63. The Balaban J connectivity index is 2.78. The van der Waals surface area contributed by atoms with E-state index in [0.717, 1.165) is 10.6 Å². The Morgan fingerprint density at radius 1 is 1.55 bits per heavy atom. The molecule has 0 amide bonds. The molecule has 2 heteroatoms. The molecule has 1 nitrogen and oxygen atoms in total. The Bertz CT molecular complexity index is 233.